The van der Waals surface area contributed by atoms with Crippen LogP contribution in [0.3, 0.4) is 0 Å². The molecule has 2 aromatic carbocycles. The van der Waals surface area contributed by atoms with Gasteiger partial charge in [0.2, 0.25) is 5.91 Å². The van der Waals surface area contributed by atoms with E-state index in [2.05, 4.69) is 17.5 Å². The number of hydrogen-bond acceptors (Lipinski definition) is 5. The summed E-state index contributed by atoms with van der Waals surface area (Å²) < 4.78 is 0. The summed E-state index contributed by atoms with van der Waals surface area (Å²) in [5, 5.41) is 13.1. The fourth-order valence-corrected chi connectivity index (χ4v) is 5.79. The second kappa shape index (κ2) is 11.2. The number of rotatable bonds is 8. The lowest BCUT2D eigenvalue weighted by Gasteiger charge is -2.38. The van der Waals surface area contributed by atoms with E-state index in [9.17, 15) is 19.7 Å². The van der Waals surface area contributed by atoms with Crippen molar-refractivity contribution in [3.8, 4) is 0 Å². The van der Waals surface area contributed by atoms with E-state index in [1.807, 2.05) is 36.9 Å². The molecule has 188 valence electrons. The Kier molecular flexibility index (Phi) is 8.06. The van der Waals surface area contributed by atoms with Crippen LogP contribution in [0.2, 0.25) is 5.02 Å². The molecular weight excluding hydrogens is 498 g/mol. The zero-order chi connectivity index (χ0) is 25.8. The predicted molar refractivity (Wildman–Crippen MR) is 142 cm³/mol. The molecule has 1 aliphatic heterocycles. The highest BCUT2D eigenvalue weighted by Crippen LogP contribution is 2.39. The zero-order valence-corrected chi connectivity index (χ0v) is 21.8. The zero-order valence-electron chi connectivity index (χ0n) is 20.3. The molecule has 0 saturated carbocycles. The Balaban J connectivity index is 1.63. The second-order valence-corrected chi connectivity index (χ2v) is 10.3. The number of benzene rings is 2. The minimum Gasteiger partial charge on any atom is -0.330 e. The van der Waals surface area contributed by atoms with Gasteiger partial charge in [-0.3, -0.25) is 19.7 Å². The first-order chi connectivity index (χ1) is 17.3. The summed E-state index contributed by atoms with van der Waals surface area (Å²) in [5.41, 5.74) is 3.29. The highest BCUT2D eigenvalue weighted by atomic mass is 35.5. The van der Waals surface area contributed by atoms with E-state index in [4.69, 9.17) is 11.6 Å². The van der Waals surface area contributed by atoms with E-state index >= 15 is 0 Å². The molecule has 1 aliphatic rings. The van der Waals surface area contributed by atoms with Crippen LogP contribution in [0.5, 0.6) is 0 Å². The number of non-ortho nitro benzene ring substituents is 1. The molecule has 0 aliphatic carbocycles. The number of thiophene rings is 1. The Bertz CT molecular complexity index is 1290. The van der Waals surface area contributed by atoms with Crippen LogP contribution in [0.15, 0.2) is 53.9 Å². The molecule has 0 bridgehead atoms. The van der Waals surface area contributed by atoms with Gasteiger partial charge in [-0.1, -0.05) is 49.2 Å². The number of halogens is 1. The third kappa shape index (κ3) is 5.29. The Hall–Kier alpha value is -3.23. The molecule has 0 spiro atoms. The van der Waals surface area contributed by atoms with Crippen LogP contribution in [-0.4, -0.2) is 46.2 Å². The van der Waals surface area contributed by atoms with Crippen molar-refractivity contribution in [2.75, 3.05) is 19.6 Å². The first-order valence-electron chi connectivity index (χ1n) is 12.0. The summed E-state index contributed by atoms with van der Waals surface area (Å²) in [5.74, 6) is -0.542. The van der Waals surface area contributed by atoms with Gasteiger partial charge in [0.05, 0.1) is 21.6 Å². The molecule has 1 aromatic heterocycles. The van der Waals surface area contributed by atoms with Crippen LogP contribution in [0.1, 0.15) is 57.7 Å². The Morgan fingerprint density at radius 1 is 1.19 bits per heavy atom. The normalized spacial score (nSPS) is 14.9. The number of fused-ring (bicyclic) bond motifs is 1. The molecule has 1 unspecified atom stereocenters. The molecule has 1 atom stereocenters. The lowest BCUT2D eigenvalue weighted by molar-refractivity contribution is -0.384. The lowest BCUT2D eigenvalue weighted by atomic mass is 9.90. The van der Waals surface area contributed by atoms with Crippen molar-refractivity contribution < 1.29 is 14.5 Å². The molecular formula is C27H28ClN3O4S. The molecule has 3 aromatic rings. The van der Waals surface area contributed by atoms with Gasteiger partial charge >= 0.3 is 0 Å². The number of hydrogen-bond donors (Lipinski definition) is 0. The van der Waals surface area contributed by atoms with Gasteiger partial charge in [0.15, 0.2) is 0 Å². The number of aryl methyl sites for hydroxylation is 1. The number of carbonyl (C=O) groups excluding carboxylic acids is 2. The first kappa shape index (κ1) is 25.9. The number of amides is 2. The first-order valence-corrected chi connectivity index (χ1v) is 13.2. The summed E-state index contributed by atoms with van der Waals surface area (Å²) in [4.78, 5) is 42.4. The van der Waals surface area contributed by atoms with Crippen molar-refractivity contribution >= 4 is 40.4 Å². The number of carbonyl (C=O) groups is 2. The van der Waals surface area contributed by atoms with Crippen LogP contribution < -0.4 is 0 Å². The van der Waals surface area contributed by atoms with Crippen LogP contribution in [0.4, 0.5) is 5.69 Å². The Labute approximate surface area is 219 Å². The van der Waals surface area contributed by atoms with E-state index < -0.39 is 10.8 Å². The predicted octanol–water partition coefficient (Wildman–Crippen LogP) is 6.03. The maximum absolute atomic E-state index is 13.8. The molecule has 0 N–H and O–H groups in total. The van der Waals surface area contributed by atoms with Crippen LogP contribution >= 0.6 is 22.9 Å². The molecule has 2 amide bonds. The molecule has 2 heterocycles. The minimum atomic E-state index is -0.556. The number of unbranched alkanes of at least 4 members (excludes halogenated alkanes) is 1. The van der Waals surface area contributed by atoms with E-state index in [1.165, 1.54) is 28.0 Å². The lowest BCUT2D eigenvalue weighted by Crippen LogP contribution is -2.47. The monoisotopic (exact) mass is 525 g/mol. The number of nitrogens with zero attached hydrogens (tertiary/aromatic N) is 3. The van der Waals surface area contributed by atoms with Crippen LogP contribution in [0.25, 0.3) is 0 Å². The average molecular weight is 526 g/mol. The van der Waals surface area contributed by atoms with Gasteiger partial charge in [-0.15, -0.1) is 11.3 Å². The maximum Gasteiger partial charge on any atom is 0.270 e. The molecule has 7 nitrogen and oxygen atoms in total. The Morgan fingerprint density at radius 2 is 1.97 bits per heavy atom. The van der Waals surface area contributed by atoms with Crippen molar-refractivity contribution in [2.45, 2.75) is 39.2 Å². The van der Waals surface area contributed by atoms with Gasteiger partial charge in [-0.25, -0.2) is 0 Å². The second-order valence-electron chi connectivity index (χ2n) is 8.90. The van der Waals surface area contributed by atoms with Crippen molar-refractivity contribution in [1.82, 2.24) is 9.80 Å². The molecule has 0 radical (unpaired) electrons. The SMILES string of the molecule is CCCCN(CC(=O)N1CCc2sccc2C1c1ccccc1C)C(=O)c1ccc([N+](=O)[O-])cc1Cl. The van der Waals surface area contributed by atoms with Crippen molar-refractivity contribution in [3.05, 3.63) is 96.2 Å². The molecule has 36 heavy (non-hydrogen) atoms. The largest absolute Gasteiger partial charge is 0.330 e. The number of nitro groups is 1. The summed E-state index contributed by atoms with van der Waals surface area (Å²) in [6.07, 6.45) is 2.34. The van der Waals surface area contributed by atoms with Gasteiger partial charge in [-0.2, -0.15) is 0 Å². The standard InChI is InChI=1S/C27H28ClN3O4S/c1-3-4-13-29(27(33)21-10-9-19(31(34)35)16-23(21)28)17-25(32)30-14-11-24-22(12-15-36-24)26(30)20-8-6-5-7-18(20)2/h5-10,12,15-16,26H,3-4,11,13-14,17H2,1-2H3. The van der Waals surface area contributed by atoms with E-state index in [-0.39, 0.29) is 34.8 Å². The number of nitro benzene ring substituents is 1. The fourth-order valence-electron chi connectivity index (χ4n) is 4.63. The van der Waals surface area contributed by atoms with E-state index in [0.29, 0.717) is 13.1 Å². The van der Waals surface area contributed by atoms with Crippen molar-refractivity contribution in [1.29, 1.82) is 0 Å². The summed E-state index contributed by atoms with van der Waals surface area (Å²) in [6.45, 7) is 4.93. The molecule has 0 saturated heterocycles. The fraction of sp³-hybridized carbons (Fsp3) is 0.333. The van der Waals surface area contributed by atoms with Gasteiger partial charge in [0.25, 0.3) is 11.6 Å². The maximum atomic E-state index is 13.8. The summed E-state index contributed by atoms with van der Waals surface area (Å²) >= 11 is 7.96. The topological polar surface area (TPSA) is 83.8 Å². The van der Waals surface area contributed by atoms with Crippen molar-refractivity contribution in [2.24, 2.45) is 0 Å². The summed E-state index contributed by atoms with van der Waals surface area (Å²) in [7, 11) is 0. The molecule has 9 heteroatoms. The van der Waals surface area contributed by atoms with Gasteiger partial charge in [0.1, 0.15) is 6.54 Å². The summed E-state index contributed by atoms with van der Waals surface area (Å²) in [6, 6.07) is 13.8. The Morgan fingerprint density at radius 3 is 2.67 bits per heavy atom. The quantitative estimate of drug-likeness (QED) is 0.265. The third-order valence-electron chi connectivity index (χ3n) is 6.56. The average Bonchev–Trinajstić information content (AvgIpc) is 3.35. The smallest absolute Gasteiger partial charge is 0.270 e. The van der Waals surface area contributed by atoms with Crippen molar-refractivity contribution in [3.63, 3.8) is 0 Å². The van der Waals surface area contributed by atoms with E-state index in [1.54, 1.807) is 11.3 Å². The minimum absolute atomic E-state index is 0.00169. The van der Waals surface area contributed by atoms with Gasteiger partial charge in [-0.05, 0) is 54.0 Å². The highest BCUT2D eigenvalue weighted by molar-refractivity contribution is 7.10. The highest BCUT2D eigenvalue weighted by Gasteiger charge is 2.35. The third-order valence-corrected chi connectivity index (χ3v) is 7.87. The van der Waals surface area contributed by atoms with Gasteiger partial charge < -0.3 is 9.80 Å². The molecule has 0 fully saturated rings. The van der Waals surface area contributed by atoms with Gasteiger partial charge in [0, 0.05) is 30.1 Å². The van der Waals surface area contributed by atoms with E-state index in [0.717, 1.165) is 36.0 Å². The van der Waals surface area contributed by atoms with Crippen LogP contribution in [-0.2, 0) is 11.2 Å². The van der Waals surface area contributed by atoms with Crippen LogP contribution in [0, 0.1) is 17.0 Å². The molecule has 4 rings (SSSR count).